The molecule has 0 radical (unpaired) electrons. The van der Waals surface area contributed by atoms with E-state index in [1.807, 2.05) is 31.2 Å². The molecule has 3 aromatic heterocycles. The van der Waals surface area contributed by atoms with E-state index < -0.39 is 0 Å². The monoisotopic (exact) mass is 390 g/mol. The highest BCUT2D eigenvalue weighted by Gasteiger charge is 2.23. The molecule has 1 aliphatic rings. The average molecular weight is 390 g/mol. The first-order valence-electron chi connectivity index (χ1n) is 9.71. The Morgan fingerprint density at radius 3 is 2.93 bits per heavy atom. The van der Waals surface area contributed by atoms with Crippen molar-refractivity contribution in [3.63, 3.8) is 0 Å². The van der Waals surface area contributed by atoms with Crippen LogP contribution < -0.4 is 5.32 Å². The smallest absolute Gasteiger partial charge is 0.409 e. The van der Waals surface area contributed by atoms with Gasteiger partial charge in [-0.3, -0.25) is 0 Å². The minimum Gasteiger partial charge on any atom is -0.450 e. The number of rotatable bonds is 4. The van der Waals surface area contributed by atoms with E-state index in [2.05, 4.69) is 16.5 Å². The van der Waals surface area contributed by atoms with E-state index in [0.29, 0.717) is 25.3 Å². The van der Waals surface area contributed by atoms with Gasteiger partial charge < -0.3 is 15.0 Å². The summed E-state index contributed by atoms with van der Waals surface area (Å²) in [5.74, 6) is 0.785. The highest BCUT2D eigenvalue weighted by Crippen LogP contribution is 2.25. The van der Waals surface area contributed by atoms with E-state index in [1.54, 1.807) is 27.9 Å². The molecule has 8 nitrogen and oxygen atoms in total. The maximum Gasteiger partial charge on any atom is 0.409 e. The number of anilines is 1. The lowest BCUT2D eigenvalue weighted by Crippen LogP contribution is -2.42. The highest BCUT2D eigenvalue weighted by atomic mass is 16.6. The van der Waals surface area contributed by atoms with Gasteiger partial charge in [-0.2, -0.15) is 10.4 Å². The molecule has 0 bridgehead atoms. The third-order valence-electron chi connectivity index (χ3n) is 5.05. The zero-order chi connectivity index (χ0) is 20.2. The Kier molecular flexibility index (Phi) is 5.29. The number of aromatic nitrogens is 3. The van der Waals surface area contributed by atoms with E-state index in [4.69, 9.17) is 15.0 Å². The number of fused-ring (bicyclic) bond motifs is 1. The summed E-state index contributed by atoms with van der Waals surface area (Å²) < 4.78 is 6.81. The average Bonchev–Trinajstić information content (AvgIpc) is 3.18. The Bertz CT molecular complexity index is 1060. The summed E-state index contributed by atoms with van der Waals surface area (Å²) in [6.45, 7) is 3.55. The van der Waals surface area contributed by atoms with Gasteiger partial charge in [-0.1, -0.05) is 6.07 Å². The number of likely N-dealkylation sites (tertiary alicyclic amines) is 1. The van der Waals surface area contributed by atoms with Crippen molar-refractivity contribution in [3.05, 3.63) is 48.3 Å². The largest absolute Gasteiger partial charge is 0.450 e. The van der Waals surface area contributed by atoms with Crippen molar-refractivity contribution < 1.29 is 9.53 Å². The van der Waals surface area contributed by atoms with Gasteiger partial charge in [0.1, 0.15) is 5.82 Å². The maximum absolute atomic E-state index is 11.8. The molecule has 1 saturated heterocycles. The molecule has 0 unspecified atom stereocenters. The van der Waals surface area contributed by atoms with Crippen molar-refractivity contribution in [2.75, 3.05) is 25.0 Å². The van der Waals surface area contributed by atoms with Crippen LogP contribution in [0.25, 0.3) is 16.8 Å². The second kappa shape index (κ2) is 8.19. The number of piperidine rings is 1. The number of amides is 1. The third-order valence-corrected chi connectivity index (χ3v) is 5.05. The summed E-state index contributed by atoms with van der Waals surface area (Å²) in [5, 5.41) is 17.0. The van der Waals surface area contributed by atoms with Gasteiger partial charge in [-0.25, -0.2) is 14.3 Å². The number of nitriles is 1. The van der Waals surface area contributed by atoms with Crippen LogP contribution in [0.1, 0.15) is 25.3 Å². The molecule has 0 saturated carbocycles. The van der Waals surface area contributed by atoms with Crippen LogP contribution in [0.2, 0.25) is 0 Å². The molecule has 8 heteroatoms. The summed E-state index contributed by atoms with van der Waals surface area (Å²) in [6, 6.07) is 11.8. The van der Waals surface area contributed by atoms with Gasteiger partial charge in [0.05, 0.1) is 35.6 Å². The maximum atomic E-state index is 11.8. The van der Waals surface area contributed by atoms with Crippen molar-refractivity contribution in [1.29, 1.82) is 5.26 Å². The van der Waals surface area contributed by atoms with Gasteiger partial charge in [0.15, 0.2) is 0 Å². The Morgan fingerprint density at radius 2 is 2.17 bits per heavy atom. The van der Waals surface area contributed by atoms with E-state index in [-0.39, 0.29) is 12.1 Å². The van der Waals surface area contributed by atoms with Gasteiger partial charge in [0, 0.05) is 30.9 Å². The summed E-state index contributed by atoms with van der Waals surface area (Å²) in [7, 11) is 0. The first-order chi connectivity index (χ1) is 14.2. The van der Waals surface area contributed by atoms with Crippen LogP contribution in [0, 0.1) is 11.3 Å². The Balaban J connectivity index is 1.48. The van der Waals surface area contributed by atoms with E-state index in [9.17, 15) is 4.79 Å². The SMILES string of the molecule is CCOC(=O)N1CCC(Nc2cccc(-c3cnn4ccc(C#N)cc34)n2)CC1. The van der Waals surface area contributed by atoms with E-state index in [0.717, 1.165) is 35.4 Å². The van der Waals surface area contributed by atoms with E-state index >= 15 is 0 Å². The number of ether oxygens (including phenoxy) is 1. The van der Waals surface area contributed by atoms with E-state index in [1.165, 1.54) is 0 Å². The summed E-state index contributed by atoms with van der Waals surface area (Å²) in [5.41, 5.74) is 3.10. The van der Waals surface area contributed by atoms with Crippen molar-refractivity contribution in [1.82, 2.24) is 19.5 Å². The topological polar surface area (TPSA) is 95.5 Å². The molecule has 0 atom stereocenters. The molecule has 148 valence electrons. The van der Waals surface area contributed by atoms with Gasteiger partial charge in [-0.15, -0.1) is 0 Å². The summed E-state index contributed by atoms with van der Waals surface area (Å²) in [4.78, 5) is 18.3. The van der Waals surface area contributed by atoms with Crippen LogP contribution >= 0.6 is 0 Å². The van der Waals surface area contributed by atoms with Crippen molar-refractivity contribution in [3.8, 4) is 17.3 Å². The second-order valence-corrected chi connectivity index (χ2v) is 6.93. The molecule has 29 heavy (non-hydrogen) atoms. The molecule has 4 heterocycles. The lowest BCUT2D eigenvalue weighted by molar-refractivity contribution is 0.0983. The van der Waals surface area contributed by atoms with Gasteiger partial charge in [0.2, 0.25) is 0 Å². The molecule has 1 amide bonds. The summed E-state index contributed by atoms with van der Waals surface area (Å²) >= 11 is 0. The highest BCUT2D eigenvalue weighted by molar-refractivity contribution is 5.79. The zero-order valence-electron chi connectivity index (χ0n) is 16.2. The van der Waals surface area contributed by atoms with Gasteiger partial charge in [0.25, 0.3) is 0 Å². The molecule has 1 aliphatic heterocycles. The Labute approximate surface area is 168 Å². The predicted molar refractivity (Wildman–Crippen MR) is 108 cm³/mol. The number of carbonyl (C=O) groups is 1. The number of nitrogens with one attached hydrogen (secondary N) is 1. The molecule has 0 aliphatic carbocycles. The fourth-order valence-corrected chi connectivity index (χ4v) is 3.54. The van der Waals surface area contributed by atoms with Crippen LogP contribution in [-0.2, 0) is 4.74 Å². The van der Waals surface area contributed by atoms with Crippen LogP contribution in [0.4, 0.5) is 10.6 Å². The number of hydrogen-bond donors (Lipinski definition) is 1. The van der Waals surface area contributed by atoms with Crippen molar-refractivity contribution in [2.45, 2.75) is 25.8 Å². The lowest BCUT2D eigenvalue weighted by Gasteiger charge is -2.31. The predicted octanol–water partition coefficient (Wildman–Crippen LogP) is 3.30. The Hall–Kier alpha value is -3.60. The fourth-order valence-electron chi connectivity index (χ4n) is 3.54. The molecule has 0 aromatic carbocycles. The second-order valence-electron chi connectivity index (χ2n) is 6.93. The van der Waals surface area contributed by atoms with Gasteiger partial charge >= 0.3 is 6.09 Å². The first-order valence-corrected chi connectivity index (χ1v) is 9.71. The number of nitrogens with zero attached hydrogens (tertiary/aromatic N) is 5. The summed E-state index contributed by atoms with van der Waals surface area (Å²) in [6.07, 6.45) is 4.98. The molecule has 0 spiro atoms. The zero-order valence-corrected chi connectivity index (χ0v) is 16.2. The van der Waals surface area contributed by atoms with Crippen molar-refractivity contribution >= 4 is 17.4 Å². The number of pyridine rings is 2. The molecular formula is C21H22N6O2. The number of carbonyl (C=O) groups excluding carboxylic acids is 1. The standard InChI is InChI=1S/C21H22N6O2/c1-2-29-21(28)26-9-7-16(8-10-26)24-20-5-3-4-18(25-20)17-14-23-27-11-6-15(13-22)12-19(17)27/h3-6,11-12,14,16H,2,7-10H2,1H3,(H,24,25). The molecule has 1 fully saturated rings. The first kappa shape index (κ1) is 18.7. The van der Waals surface area contributed by atoms with Crippen LogP contribution in [-0.4, -0.2) is 51.3 Å². The van der Waals surface area contributed by atoms with Crippen molar-refractivity contribution in [2.24, 2.45) is 0 Å². The van der Waals surface area contributed by atoms with Gasteiger partial charge in [-0.05, 0) is 44.0 Å². The fraction of sp³-hybridized carbons (Fsp3) is 0.333. The third kappa shape index (κ3) is 3.99. The molecule has 3 aromatic rings. The minimum atomic E-state index is -0.240. The minimum absolute atomic E-state index is 0.240. The Morgan fingerprint density at radius 1 is 1.34 bits per heavy atom. The number of hydrogen-bond acceptors (Lipinski definition) is 6. The lowest BCUT2D eigenvalue weighted by atomic mass is 10.1. The molecule has 4 rings (SSSR count). The quantitative estimate of drug-likeness (QED) is 0.734. The normalized spacial score (nSPS) is 14.6. The van der Waals surface area contributed by atoms with Crippen LogP contribution in [0.5, 0.6) is 0 Å². The molecule has 1 N–H and O–H groups in total. The molecular weight excluding hydrogens is 368 g/mol. The van der Waals surface area contributed by atoms with Crippen LogP contribution in [0.15, 0.2) is 42.7 Å². The van der Waals surface area contributed by atoms with Crippen LogP contribution in [0.3, 0.4) is 0 Å².